The third-order valence-corrected chi connectivity index (χ3v) is 4.65. The summed E-state index contributed by atoms with van der Waals surface area (Å²) in [5.41, 5.74) is 2.00. The molecule has 0 aliphatic heterocycles. The van der Waals surface area contributed by atoms with Gasteiger partial charge in [0.2, 0.25) is 0 Å². The number of amides is 1. The normalized spacial score (nSPS) is 10.4. The van der Waals surface area contributed by atoms with Crippen molar-refractivity contribution in [3.05, 3.63) is 38.8 Å². The van der Waals surface area contributed by atoms with Crippen molar-refractivity contribution in [2.24, 2.45) is 0 Å². The van der Waals surface area contributed by atoms with Gasteiger partial charge in [-0.15, -0.1) is 11.3 Å². The van der Waals surface area contributed by atoms with Crippen LogP contribution in [0.2, 0.25) is 0 Å². The molecule has 2 aromatic rings. The minimum Gasteiger partial charge on any atom is -0.484 e. The average Bonchev–Trinajstić information content (AvgIpc) is 2.70. The SMILES string of the molecule is Cc1cc(OCC(=O)Nc2nc(C)c(C)s2)ccc1Br. The number of carbonyl (C=O) groups excluding carboxylic acids is 1. The molecule has 1 aromatic heterocycles. The lowest BCUT2D eigenvalue weighted by Crippen LogP contribution is -2.20. The van der Waals surface area contributed by atoms with E-state index in [1.54, 1.807) is 0 Å². The first kappa shape index (κ1) is 15.0. The molecule has 106 valence electrons. The fourth-order valence-corrected chi connectivity index (χ4v) is 2.61. The molecule has 20 heavy (non-hydrogen) atoms. The summed E-state index contributed by atoms with van der Waals surface area (Å²) in [6.45, 7) is 5.84. The number of nitrogens with zero attached hydrogens (tertiary/aromatic N) is 1. The minimum atomic E-state index is -0.209. The van der Waals surface area contributed by atoms with Crippen LogP contribution in [0, 0.1) is 20.8 Å². The van der Waals surface area contributed by atoms with Crippen LogP contribution in [-0.2, 0) is 4.79 Å². The average molecular weight is 355 g/mol. The smallest absolute Gasteiger partial charge is 0.264 e. The molecule has 0 unspecified atom stereocenters. The first-order valence-corrected chi connectivity index (χ1v) is 7.69. The zero-order valence-electron chi connectivity index (χ0n) is 11.5. The van der Waals surface area contributed by atoms with Crippen LogP contribution in [0.1, 0.15) is 16.1 Å². The van der Waals surface area contributed by atoms with Crippen LogP contribution in [0.3, 0.4) is 0 Å². The van der Waals surface area contributed by atoms with Crippen LogP contribution in [0.4, 0.5) is 5.13 Å². The van der Waals surface area contributed by atoms with Crippen molar-refractivity contribution < 1.29 is 9.53 Å². The Labute approximate surface area is 130 Å². The zero-order valence-corrected chi connectivity index (χ0v) is 13.9. The predicted molar refractivity (Wildman–Crippen MR) is 84.6 cm³/mol. The molecule has 2 rings (SSSR count). The number of rotatable bonds is 4. The highest BCUT2D eigenvalue weighted by molar-refractivity contribution is 9.10. The van der Waals surface area contributed by atoms with E-state index in [-0.39, 0.29) is 12.5 Å². The van der Waals surface area contributed by atoms with Crippen molar-refractivity contribution >= 4 is 38.3 Å². The maximum absolute atomic E-state index is 11.8. The number of hydrogen-bond donors (Lipinski definition) is 1. The number of aromatic nitrogens is 1. The van der Waals surface area contributed by atoms with E-state index >= 15 is 0 Å². The second kappa shape index (κ2) is 6.37. The van der Waals surface area contributed by atoms with E-state index in [0.29, 0.717) is 10.9 Å². The summed E-state index contributed by atoms with van der Waals surface area (Å²) in [5, 5.41) is 3.35. The molecule has 0 aliphatic rings. The van der Waals surface area contributed by atoms with Gasteiger partial charge in [-0.2, -0.15) is 0 Å². The van der Waals surface area contributed by atoms with E-state index in [0.717, 1.165) is 20.6 Å². The van der Waals surface area contributed by atoms with E-state index < -0.39 is 0 Å². The summed E-state index contributed by atoms with van der Waals surface area (Å²) in [5.74, 6) is 0.465. The number of hydrogen-bond acceptors (Lipinski definition) is 4. The van der Waals surface area contributed by atoms with Crippen LogP contribution >= 0.6 is 27.3 Å². The molecule has 0 spiro atoms. The molecule has 1 amide bonds. The summed E-state index contributed by atoms with van der Waals surface area (Å²) in [6, 6.07) is 5.60. The van der Waals surface area contributed by atoms with Gasteiger partial charge in [0.15, 0.2) is 11.7 Å². The molecule has 0 atom stereocenters. The lowest BCUT2D eigenvalue weighted by Gasteiger charge is -2.07. The fourth-order valence-electron chi connectivity index (χ4n) is 1.54. The van der Waals surface area contributed by atoms with E-state index in [2.05, 4.69) is 26.2 Å². The van der Waals surface area contributed by atoms with Gasteiger partial charge in [-0.05, 0) is 44.5 Å². The molecule has 6 heteroatoms. The summed E-state index contributed by atoms with van der Waals surface area (Å²) in [7, 11) is 0. The Hall–Kier alpha value is -1.40. The Morgan fingerprint density at radius 2 is 2.15 bits per heavy atom. The van der Waals surface area contributed by atoms with Gasteiger partial charge < -0.3 is 4.74 Å². The number of aryl methyl sites for hydroxylation is 3. The van der Waals surface area contributed by atoms with Gasteiger partial charge in [0.25, 0.3) is 5.91 Å². The van der Waals surface area contributed by atoms with Crippen LogP contribution in [-0.4, -0.2) is 17.5 Å². The molecule has 1 heterocycles. The van der Waals surface area contributed by atoms with Crippen molar-refractivity contribution in [1.82, 2.24) is 4.98 Å². The van der Waals surface area contributed by atoms with Crippen molar-refractivity contribution in [2.75, 3.05) is 11.9 Å². The highest BCUT2D eigenvalue weighted by Gasteiger charge is 2.08. The molecule has 4 nitrogen and oxygen atoms in total. The second-order valence-corrected chi connectivity index (χ2v) is 6.47. The monoisotopic (exact) mass is 354 g/mol. The molecule has 1 aromatic carbocycles. The number of nitrogens with one attached hydrogen (secondary N) is 1. The highest BCUT2D eigenvalue weighted by Crippen LogP contribution is 2.22. The maximum atomic E-state index is 11.8. The molecule has 0 bridgehead atoms. The number of ether oxygens (including phenoxy) is 1. The third-order valence-electron chi connectivity index (χ3n) is 2.77. The summed E-state index contributed by atoms with van der Waals surface area (Å²) >= 11 is 4.88. The van der Waals surface area contributed by atoms with Crippen molar-refractivity contribution in [3.8, 4) is 5.75 Å². The van der Waals surface area contributed by atoms with Gasteiger partial charge in [-0.3, -0.25) is 10.1 Å². The lowest BCUT2D eigenvalue weighted by atomic mass is 10.2. The van der Waals surface area contributed by atoms with Gasteiger partial charge >= 0.3 is 0 Å². The number of thiazole rings is 1. The lowest BCUT2D eigenvalue weighted by molar-refractivity contribution is -0.118. The second-order valence-electron chi connectivity index (χ2n) is 4.41. The topological polar surface area (TPSA) is 51.2 Å². The Balaban J connectivity index is 1.90. The first-order valence-electron chi connectivity index (χ1n) is 6.08. The van der Waals surface area contributed by atoms with Gasteiger partial charge in [0, 0.05) is 9.35 Å². The number of halogens is 1. The van der Waals surface area contributed by atoms with Gasteiger partial charge in [0.1, 0.15) is 5.75 Å². The largest absolute Gasteiger partial charge is 0.484 e. The fraction of sp³-hybridized carbons (Fsp3) is 0.286. The van der Waals surface area contributed by atoms with E-state index in [1.165, 1.54) is 11.3 Å². The Bertz CT molecular complexity index is 621. The summed E-state index contributed by atoms with van der Waals surface area (Å²) < 4.78 is 6.47. The van der Waals surface area contributed by atoms with E-state index in [4.69, 9.17) is 4.74 Å². The van der Waals surface area contributed by atoms with E-state index in [9.17, 15) is 4.79 Å². The number of carbonyl (C=O) groups is 1. The van der Waals surface area contributed by atoms with E-state index in [1.807, 2.05) is 39.0 Å². The molecule has 1 N–H and O–H groups in total. The Morgan fingerprint density at radius 1 is 1.40 bits per heavy atom. The van der Waals surface area contributed by atoms with Crippen LogP contribution < -0.4 is 10.1 Å². The number of benzene rings is 1. The Kier molecular flexibility index (Phi) is 4.77. The van der Waals surface area contributed by atoms with Crippen LogP contribution in [0.25, 0.3) is 0 Å². The van der Waals surface area contributed by atoms with Crippen LogP contribution in [0.5, 0.6) is 5.75 Å². The van der Waals surface area contributed by atoms with Crippen molar-refractivity contribution in [2.45, 2.75) is 20.8 Å². The minimum absolute atomic E-state index is 0.0290. The summed E-state index contributed by atoms with van der Waals surface area (Å²) in [6.07, 6.45) is 0. The number of anilines is 1. The molecule has 0 saturated heterocycles. The standard InChI is InChI=1S/C14H15BrN2O2S/c1-8-6-11(4-5-12(8)15)19-7-13(18)17-14-16-9(2)10(3)20-14/h4-6H,7H2,1-3H3,(H,16,17,18). The summed E-state index contributed by atoms with van der Waals surface area (Å²) in [4.78, 5) is 17.1. The van der Waals surface area contributed by atoms with Gasteiger partial charge in [-0.1, -0.05) is 15.9 Å². The Morgan fingerprint density at radius 3 is 2.75 bits per heavy atom. The molecule has 0 fully saturated rings. The third kappa shape index (κ3) is 3.80. The zero-order chi connectivity index (χ0) is 14.7. The molecular formula is C14H15BrN2O2S. The van der Waals surface area contributed by atoms with Gasteiger partial charge in [0.05, 0.1) is 5.69 Å². The van der Waals surface area contributed by atoms with Crippen molar-refractivity contribution in [3.63, 3.8) is 0 Å². The van der Waals surface area contributed by atoms with Gasteiger partial charge in [-0.25, -0.2) is 4.98 Å². The molecule has 0 aliphatic carbocycles. The molecule has 0 saturated carbocycles. The van der Waals surface area contributed by atoms with Crippen molar-refractivity contribution in [1.29, 1.82) is 0 Å². The molecular weight excluding hydrogens is 340 g/mol. The van der Waals surface area contributed by atoms with Crippen LogP contribution in [0.15, 0.2) is 22.7 Å². The first-order chi connectivity index (χ1) is 9.45. The highest BCUT2D eigenvalue weighted by atomic mass is 79.9. The predicted octanol–water partition coefficient (Wildman–Crippen LogP) is 3.85. The molecule has 0 radical (unpaired) electrons. The quantitative estimate of drug-likeness (QED) is 0.906. The maximum Gasteiger partial charge on any atom is 0.264 e.